The molecule has 0 aliphatic carbocycles. The summed E-state index contributed by atoms with van der Waals surface area (Å²) in [7, 11) is 0. The van der Waals surface area contributed by atoms with Gasteiger partial charge < -0.3 is 10.6 Å². The molecule has 0 bridgehead atoms. The van der Waals surface area contributed by atoms with Crippen molar-refractivity contribution >= 4 is 17.5 Å². The van der Waals surface area contributed by atoms with Gasteiger partial charge in [0.2, 0.25) is 11.8 Å². The summed E-state index contributed by atoms with van der Waals surface area (Å²) in [6.07, 6.45) is 4.62. The molecule has 0 unspecified atom stereocenters. The fourth-order valence-electron chi connectivity index (χ4n) is 2.05. The SMILES string of the molecule is CC(=O)Nc1ccc(CC(=O)NCCc2cccnc2)cc1. The number of pyridine rings is 1. The molecule has 114 valence electrons. The van der Waals surface area contributed by atoms with Crippen molar-refractivity contribution in [3.8, 4) is 0 Å². The molecule has 2 N–H and O–H groups in total. The molecular formula is C17H19N3O2. The zero-order valence-electron chi connectivity index (χ0n) is 12.5. The van der Waals surface area contributed by atoms with E-state index in [-0.39, 0.29) is 11.8 Å². The Morgan fingerprint density at radius 1 is 1.09 bits per heavy atom. The van der Waals surface area contributed by atoms with E-state index in [9.17, 15) is 9.59 Å². The minimum atomic E-state index is -0.110. The second-order valence-electron chi connectivity index (χ2n) is 5.02. The summed E-state index contributed by atoms with van der Waals surface area (Å²) in [6, 6.07) is 11.1. The minimum absolute atomic E-state index is 0.0174. The largest absolute Gasteiger partial charge is 0.355 e. The van der Waals surface area contributed by atoms with Gasteiger partial charge in [-0.15, -0.1) is 0 Å². The van der Waals surface area contributed by atoms with Gasteiger partial charge in [0.05, 0.1) is 6.42 Å². The third kappa shape index (κ3) is 5.36. The number of amides is 2. The van der Waals surface area contributed by atoms with Crippen LogP contribution in [0.2, 0.25) is 0 Å². The first-order valence-electron chi connectivity index (χ1n) is 7.15. The Balaban J connectivity index is 1.75. The first kappa shape index (κ1) is 15.7. The maximum absolute atomic E-state index is 11.9. The van der Waals surface area contributed by atoms with Gasteiger partial charge in [-0.1, -0.05) is 18.2 Å². The molecule has 0 atom stereocenters. The van der Waals surface area contributed by atoms with E-state index in [2.05, 4.69) is 15.6 Å². The van der Waals surface area contributed by atoms with Crippen LogP contribution >= 0.6 is 0 Å². The van der Waals surface area contributed by atoms with Crippen molar-refractivity contribution in [2.45, 2.75) is 19.8 Å². The summed E-state index contributed by atoms with van der Waals surface area (Å²) in [4.78, 5) is 26.8. The van der Waals surface area contributed by atoms with E-state index >= 15 is 0 Å². The monoisotopic (exact) mass is 297 g/mol. The van der Waals surface area contributed by atoms with Crippen molar-refractivity contribution in [1.29, 1.82) is 0 Å². The molecule has 1 aromatic heterocycles. The van der Waals surface area contributed by atoms with Crippen molar-refractivity contribution in [3.05, 3.63) is 59.9 Å². The molecule has 22 heavy (non-hydrogen) atoms. The van der Waals surface area contributed by atoms with Crippen LogP contribution in [-0.4, -0.2) is 23.3 Å². The molecule has 0 fully saturated rings. The quantitative estimate of drug-likeness (QED) is 0.856. The molecule has 1 heterocycles. The van der Waals surface area contributed by atoms with E-state index in [0.29, 0.717) is 13.0 Å². The number of anilines is 1. The fraction of sp³-hybridized carbons (Fsp3) is 0.235. The van der Waals surface area contributed by atoms with Crippen molar-refractivity contribution < 1.29 is 9.59 Å². The average Bonchev–Trinajstić information content (AvgIpc) is 2.50. The van der Waals surface area contributed by atoms with E-state index in [1.54, 1.807) is 24.5 Å². The second kappa shape index (κ2) is 7.93. The average molecular weight is 297 g/mol. The number of nitrogens with zero attached hydrogens (tertiary/aromatic N) is 1. The number of aromatic nitrogens is 1. The van der Waals surface area contributed by atoms with Crippen LogP contribution in [-0.2, 0) is 22.4 Å². The number of hydrogen-bond acceptors (Lipinski definition) is 3. The molecule has 0 saturated carbocycles. The van der Waals surface area contributed by atoms with Gasteiger partial charge in [0, 0.05) is 31.5 Å². The molecule has 0 aliphatic rings. The van der Waals surface area contributed by atoms with E-state index in [0.717, 1.165) is 23.2 Å². The second-order valence-corrected chi connectivity index (χ2v) is 5.02. The van der Waals surface area contributed by atoms with Gasteiger partial charge in [-0.3, -0.25) is 14.6 Å². The summed E-state index contributed by atoms with van der Waals surface area (Å²) >= 11 is 0. The Hall–Kier alpha value is -2.69. The molecule has 1 aromatic carbocycles. The van der Waals surface area contributed by atoms with Gasteiger partial charge in [-0.25, -0.2) is 0 Å². The zero-order valence-corrected chi connectivity index (χ0v) is 12.5. The highest BCUT2D eigenvalue weighted by Gasteiger charge is 2.03. The lowest BCUT2D eigenvalue weighted by molar-refractivity contribution is -0.120. The summed E-state index contributed by atoms with van der Waals surface area (Å²) in [5.41, 5.74) is 2.74. The number of nitrogens with one attached hydrogen (secondary N) is 2. The molecular weight excluding hydrogens is 278 g/mol. The van der Waals surface area contributed by atoms with Gasteiger partial charge >= 0.3 is 0 Å². The van der Waals surface area contributed by atoms with Gasteiger partial charge in [0.1, 0.15) is 0 Å². The highest BCUT2D eigenvalue weighted by molar-refractivity contribution is 5.88. The summed E-state index contributed by atoms with van der Waals surface area (Å²) < 4.78 is 0. The van der Waals surface area contributed by atoms with E-state index in [4.69, 9.17) is 0 Å². The first-order chi connectivity index (χ1) is 10.6. The van der Waals surface area contributed by atoms with Gasteiger partial charge in [0.15, 0.2) is 0 Å². The molecule has 2 amide bonds. The number of benzene rings is 1. The molecule has 2 aromatic rings. The van der Waals surface area contributed by atoms with Gasteiger partial charge in [-0.05, 0) is 35.7 Å². The summed E-state index contributed by atoms with van der Waals surface area (Å²) in [6.45, 7) is 2.05. The lowest BCUT2D eigenvalue weighted by atomic mass is 10.1. The molecule has 0 radical (unpaired) electrons. The third-order valence-electron chi connectivity index (χ3n) is 3.10. The maximum atomic E-state index is 11.9. The molecule has 0 spiro atoms. The van der Waals surface area contributed by atoms with Crippen LogP contribution in [0.5, 0.6) is 0 Å². The molecule has 2 rings (SSSR count). The number of carbonyl (C=O) groups excluding carboxylic acids is 2. The minimum Gasteiger partial charge on any atom is -0.355 e. The van der Waals surface area contributed by atoms with Crippen LogP contribution in [0.25, 0.3) is 0 Å². The summed E-state index contributed by atoms with van der Waals surface area (Å²) in [5.74, 6) is -0.128. The lowest BCUT2D eigenvalue weighted by Gasteiger charge is -2.06. The predicted octanol–water partition coefficient (Wildman–Crippen LogP) is 1.94. The van der Waals surface area contributed by atoms with E-state index in [1.165, 1.54) is 6.92 Å². The maximum Gasteiger partial charge on any atom is 0.224 e. The molecule has 5 nitrogen and oxygen atoms in total. The van der Waals surface area contributed by atoms with Crippen molar-refractivity contribution in [2.24, 2.45) is 0 Å². The molecule has 0 saturated heterocycles. The van der Waals surface area contributed by atoms with Crippen molar-refractivity contribution in [2.75, 3.05) is 11.9 Å². The predicted molar refractivity (Wildman–Crippen MR) is 85.4 cm³/mol. The number of rotatable bonds is 6. The van der Waals surface area contributed by atoms with Crippen molar-refractivity contribution in [3.63, 3.8) is 0 Å². The first-order valence-corrected chi connectivity index (χ1v) is 7.15. The smallest absolute Gasteiger partial charge is 0.224 e. The van der Waals surface area contributed by atoms with Gasteiger partial charge in [-0.2, -0.15) is 0 Å². The van der Waals surface area contributed by atoms with Crippen LogP contribution in [0.15, 0.2) is 48.8 Å². The number of hydrogen-bond donors (Lipinski definition) is 2. The summed E-state index contributed by atoms with van der Waals surface area (Å²) in [5, 5.41) is 5.58. The van der Waals surface area contributed by atoms with E-state index < -0.39 is 0 Å². The molecule has 0 aliphatic heterocycles. The third-order valence-corrected chi connectivity index (χ3v) is 3.10. The molecule has 5 heteroatoms. The highest BCUT2D eigenvalue weighted by Crippen LogP contribution is 2.10. The Morgan fingerprint density at radius 3 is 2.50 bits per heavy atom. The van der Waals surface area contributed by atoms with Crippen LogP contribution in [0.1, 0.15) is 18.1 Å². The zero-order chi connectivity index (χ0) is 15.8. The Bertz CT molecular complexity index is 624. The topological polar surface area (TPSA) is 71.1 Å². The fourth-order valence-corrected chi connectivity index (χ4v) is 2.05. The van der Waals surface area contributed by atoms with Gasteiger partial charge in [0.25, 0.3) is 0 Å². The number of carbonyl (C=O) groups is 2. The normalized spacial score (nSPS) is 10.0. The van der Waals surface area contributed by atoms with Crippen LogP contribution in [0.4, 0.5) is 5.69 Å². The van der Waals surface area contributed by atoms with Crippen molar-refractivity contribution in [1.82, 2.24) is 10.3 Å². The van der Waals surface area contributed by atoms with Crippen LogP contribution < -0.4 is 10.6 Å². The Morgan fingerprint density at radius 2 is 1.86 bits per heavy atom. The highest BCUT2D eigenvalue weighted by atomic mass is 16.2. The van der Waals surface area contributed by atoms with Crippen LogP contribution in [0.3, 0.4) is 0 Å². The Labute approximate surface area is 129 Å². The standard InChI is InChI=1S/C17H19N3O2/c1-13(21)20-16-6-4-14(5-7-16)11-17(22)19-10-8-15-3-2-9-18-12-15/h2-7,9,12H,8,10-11H2,1H3,(H,19,22)(H,20,21). The van der Waals surface area contributed by atoms with E-state index in [1.807, 2.05) is 24.3 Å². The Kier molecular flexibility index (Phi) is 5.65. The lowest BCUT2D eigenvalue weighted by Crippen LogP contribution is -2.27. The van der Waals surface area contributed by atoms with Crippen LogP contribution in [0, 0.1) is 0 Å².